The average Bonchev–Trinajstić information content (AvgIpc) is 3.55. The summed E-state index contributed by atoms with van der Waals surface area (Å²) in [5, 5.41) is 0.478. The summed E-state index contributed by atoms with van der Waals surface area (Å²) in [6.45, 7) is -0.384. The summed E-state index contributed by atoms with van der Waals surface area (Å²) >= 11 is 0. The van der Waals surface area contributed by atoms with Crippen molar-refractivity contribution in [1.82, 2.24) is 9.96 Å². The van der Waals surface area contributed by atoms with E-state index < -0.39 is 30.4 Å². The van der Waals surface area contributed by atoms with Crippen LogP contribution >= 0.6 is 0 Å². The van der Waals surface area contributed by atoms with E-state index in [4.69, 9.17) is 9.57 Å². The van der Waals surface area contributed by atoms with Crippen molar-refractivity contribution in [3.63, 3.8) is 0 Å². The fourth-order valence-electron chi connectivity index (χ4n) is 5.53. The smallest absolute Gasteiger partial charge is 0.410 e. The zero-order chi connectivity index (χ0) is 30.5. The number of hydrogen-bond donors (Lipinski definition) is 0. The van der Waals surface area contributed by atoms with Crippen LogP contribution in [-0.2, 0) is 30.5 Å². The number of fused-ring (bicyclic) bond motifs is 3. The molecule has 1 fully saturated rings. The first kappa shape index (κ1) is 28.6. The molecular formula is C36H30N2O6. The molecule has 0 unspecified atom stereocenters. The maximum Gasteiger partial charge on any atom is 0.410 e. The number of carbonyl (C=O) groups excluding carboxylic acids is 4. The monoisotopic (exact) mass is 586 g/mol. The van der Waals surface area contributed by atoms with Crippen molar-refractivity contribution < 1.29 is 28.8 Å². The van der Waals surface area contributed by atoms with Gasteiger partial charge in [0.25, 0.3) is 11.8 Å². The third kappa shape index (κ3) is 6.29. The van der Waals surface area contributed by atoms with Gasteiger partial charge in [0, 0.05) is 25.3 Å². The predicted octanol–water partition coefficient (Wildman–Crippen LogP) is 6.22. The van der Waals surface area contributed by atoms with Gasteiger partial charge in [-0.15, -0.1) is 5.06 Å². The molecule has 1 saturated heterocycles. The Morgan fingerprint density at radius 3 is 1.89 bits per heavy atom. The largest absolute Gasteiger partial charge is 0.448 e. The Kier molecular flexibility index (Phi) is 8.32. The van der Waals surface area contributed by atoms with Crippen molar-refractivity contribution in [2.75, 3.05) is 13.2 Å². The minimum Gasteiger partial charge on any atom is -0.448 e. The first-order chi connectivity index (χ1) is 21.5. The van der Waals surface area contributed by atoms with Crippen molar-refractivity contribution in [1.29, 1.82) is 0 Å². The SMILES string of the molecule is O=C(CN(Cc1ccc(/C=C/c2ccccc2)cc1)C(=O)OCC1c2ccccc2-c2ccccc21)ON1C(=O)CCC1=O. The van der Waals surface area contributed by atoms with Crippen LogP contribution in [0.5, 0.6) is 0 Å². The summed E-state index contributed by atoms with van der Waals surface area (Å²) in [7, 11) is 0. The highest BCUT2D eigenvalue weighted by Crippen LogP contribution is 2.44. The number of amides is 3. The molecule has 220 valence electrons. The summed E-state index contributed by atoms with van der Waals surface area (Å²) < 4.78 is 5.82. The molecule has 1 heterocycles. The molecule has 0 saturated carbocycles. The normalized spacial score (nSPS) is 14.0. The molecule has 0 N–H and O–H groups in total. The highest BCUT2D eigenvalue weighted by atomic mass is 16.7. The zero-order valence-electron chi connectivity index (χ0n) is 23.9. The molecule has 4 aromatic rings. The van der Waals surface area contributed by atoms with Crippen molar-refractivity contribution in [2.24, 2.45) is 0 Å². The van der Waals surface area contributed by atoms with Crippen LogP contribution in [-0.4, -0.2) is 47.0 Å². The van der Waals surface area contributed by atoms with Crippen LogP contribution in [0.2, 0.25) is 0 Å². The van der Waals surface area contributed by atoms with Crippen LogP contribution < -0.4 is 0 Å². The van der Waals surface area contributed by atoms with Crippen LogP contribution in [0.15, 0.2) is 103 Å². The number of hydroxylamine groups is 2. The molecule has 3 amide bonds. The van der Waals surface area contributed by atoms with Gasteiger partial charge in [-0.3, -0.25) is 14.5 Å². The fraction of sp³-hybridized carbons (Fsp3) is 0.167. The van der Waals surface area contributed by atoms with Crippen molar-refractivity contribution in [2.45, 2.75) is 25.3 Å². The average molecular weight is 587 g/mol. The maximum absolute atomic E-state index is 13.5. The second-order valence-corrected chi connectivity index (χ2v) is 10.7. The van der Waals surface area contributed by atoms with Crippen LogP contribution in [0.4, 0.5) is 4.79 Å². The molecule has 6 rings (SSSR count). The van der Waals surface area contributed by atoms with Crippen molar-refractivity contribution in [3.8, 4) is 11.1 Å². The Balaban J connectivity index is 1.17. The van der Waals surface area contributed by atoms with E-state index >= 15 is 0 Å². The van der Waals surface area contributed by atoms with Gasteiger partial charge in [-0.1, -0.05) is 115 Å². The molecule has 1 aliphatic carbocycles. The molecule has 1 aliphatic heterocycles. The van der Waals surface area contributed by atoms with Crippen LogP contribution in [0.1, 0.15) is 46.6 Å². The highest BCUT2D eigenvalue weighted by Gasteiger charge is 2.34. The molecule has 0 radical (unpaired) electrons. The van der Waals surface area contributed by atoms with E-state index in [1.54, 1.807) is 0 Å². The lowest BCUT2D eigenvalue weighted by molar-refractivity contribution is -0.197. The summed E-state index contributed by atoms with van der Waals surface area (Å²) in [6, 6.07) is 33.6. The first-order valence-corrected chi connectivity index (χ1v) is 14.4. The van der Waals surface area contributed by atoms with Gasteiger partial charge >= 0.3 is 12.1 Å². The standard InChI is InChI=1S/C36H30N2O6/c39-33-20-21-34(40)38(33)44-35(41)23-37(22-27-18-16-26(17-19-27)15-14-25-8-2-1-3-9-25)36(42)43-24-32-30-12-6-4-10-28(30)29-11-5-7-13-31(29)32/h1-19,32H,20-24H2/b15-14+. The summed E-state index contributed by atoms with van der Waals surface area (Å²) in [6.07, 6.45) is 3.25. The van der Waals surface area contributed by atoms with Gasteiger partial charge in [-0.25, -0.2) is 9.59 Å². The molecule has 0 atom stereocenters. The Morgan fingerprint density at radius 2 is 1.27 bits per heavy atom. The Morgan fingerprint density at radius 1 is 0.727 bits per heavy atom. The van der Waals surface area contributed by atoms with E-state index in [-0.39, 0.29) is 31.9 Å². The maximum atomic E-state index is 13.5. The van der Waals surface area contributed by atoms with Gasteiger partial charge in [-0.05, 0) is 38.9 Å². The van der Waals surface area contributed by atoms with Gasteiger partial charge in [0.1, 0.15) is 13.2 Å². The lowest BCUT2D eigenvalue weighted by atomic mass is 9.98. The molecular weight excluding hydrogens is 556 g/mol. The Hall–Kier alpha value is -5.50. The van der Waals surface area contributed by atoms with Gasteiger partial charge < -0.3 is 9.57 Å². The molecule has 4 aromatic carbocycles. The predicted molar refractivity (Wildman–Crippen MR) is 164 cm³/mol. The fourth-order valence-corrected chi connectivity index (χ4v) is 5.53. The summed E-state index contributed by atoms with van der Waals surface area (Å²) in [4.78, 5) is 56.5. The number of imide groups is 1. The molecule has 44 heavy (non-hydrogen) atoms. The molecule has 0 spiro atoms. The Labute approximate surface area is 255 Å². The van der Waals surface area contributed by atoms with Crippen molar-refractivity contribution in [3.05, 3.63) is 131 Å². The lowest BCUT2D eigenvalue weighted by Gasteiger charge is -2.23. The number of benzene rings is 4. The second-order valence-electron chi connectivity index (χ2n) is 10.7. The third-order valence-corrected chi connectivity index (χ3v) is 7.73. The topological polar surface area (TPSA) is 93.2 Å². The summed E-state index contributed by atoms with van der Waals surface area (Å²) in [5.41, 5.74) is 7.14. The molecule has 2 aliphatic rings. The lowest BCUT2D eigenvalue weighted by Crippen LogP contribution is -2.40. The van der Waals surface area contributed by atoms with Crippen LogP contribution in [0.3, 0.4) is 0 Å². The molecule has 0 bridgehead atoms. The number of carbonyl (C=O) groups is 4. The van der Waals surface area contributed by atoms with Crippen LogP contribution in [0, 0.1) is 0 Å². The number of ether oxygens (including phenoxy) is 1. The van der Waals surface area contributed by atoms with E-state index in [0.717, 1.165) is 38.9 Å². The minimum atomic E-state index is -0.912. The van der Waals surface area contributed by atoms with Gasteiger partial charge in [-0.2, -0.15) is 0 Å². The molecule has 8 heteroatoms. The summed E-state index contributed by atoms with van der Waals surface area (Å²) in [5.74, 6) is -2.24. The molecule has 0 aromatic heterocycles. The number of hydrogen-bond acceptors (Lipinski definition) is 6. The van der Waals surface area contributed by atoms with E-state index in [2.05, 4.69) is 12.1 Å². The van der Waals surface area contributed by atoms with Gasteiger partial charge in [0.05, 0.1) is 0 Å². The van der Waals surface area contributed by atoms with E-state index in [1.165, 1.54) is 4.90 Å². The zero-order valence-corrected chi connectivity index (χ0v) is 23.9. The second kappa shape index (κ2) is 12.8. The van der Waals surface area contributed by atoms with Crippen LogP contribution in [0.25, 0.3) is 23.3 Å². The van der Waals surface area contributed by atoms with Gasteiger partial charge in [0.15, 0.2) is 0 Å². The van der Waals surface area contributed by atoms with Gasteiger partial charge in [0.2, 0.25) is 0 Å². The van der Waals surface area contributed by atoms with E-state index in [9.17, 15) is 19.2 Å². The quantitative estimate of drug-likeness (QED) is 0.171. The number of nitrogens with zero attached hydrogens (tertiary/aromatic N) is 2. The van der Waals surface area contributed by atoms with E-state index in [1.807, 2.05) is 103 Å². The highest BCUT2D eigenvalue weighted by molar-refractivity contribution is 6.01. The van der Waals surface area contributed by atoms with E-state index in [0.29, 0.717) is 5.06 Å². The third-order valence-electron chi connectivity index (χ3n) is 7.73. The number of rotatable bonds is 9. The molecule has 8 nitrogen and oxygen atoms in total. The first-order valence-electron chi connectivity index (χ1n) is 14.4. The Bertz CT molecular complexity index is 1670. The van der Waals surface area contributed by atoms with Crippen molar-refractivity contribution >= 4 is 36.0 Å². The minimum absolute atomic E-state index is 0.0206.